The monoisotopic (exact) mass is 375 g/mol. The summed E-state index contributed by atoms with van der Waals surface area (Å²) in [5.41, 5.74) is 1.48. The number of nitrogens with zero attached hydrogens (tertiary/aromatic N) is 2. The van der Waals surface area contributed by atoms with Crippen LogP contribution in [0.5, 0.6) is 0 Å². The standard InChI is InChI=1S/C18H21N3O4S/c1-19-26(24,25)16-9-10-17(18(13-16)21(22)23)20-11-5-8-15(20)12-14-6-3-2-4-7-14/h2-4,6-7,9-10,13,15,19H,5,8,11-12H2,1H3. The first-order chi connectivity index (χ1) is 12.4. The van der Waals surface area contributed by atoms with Crippen molar-refractivity contribution in [2.24, 2.45) is 0 Å². The maximum atomic E-state index is 12.0. The predicted octanol–water partition coefficient (Wildman–Crippen LogP) is 2.71. The van der Waals surface area contributed by atoms with Crippen LogP contribution in [0.2, 0.25) is 0 Å². The van der Waals surface area contributed by atoms with Crippen LogP contribution in [0.25, 0.3) is 0 Å². The molecule has 1 saturated heterocycles. The van der Waals surface area contributed by atoms with Gasteiger partial charge in [0.1, 0.15) is 5.69 Å². The normalized spacial score (nSPS) is 17.4. The minimum Gasteiger partial charge on any atom is -0.363 e. The van der Waals surface area contributed by atoms with Gasteiger partial charge < -0.3 is 4.90 Å². The number of hydrogen-bond donors (Lipinski definition) is 1. The summed E-state index contributed by atoms with van der Waals surface area (Å²) >= 11 is 0. The van der Waals surface area contributed by atoms with Crippen LogP contribution in [-0.4, -0.2) is 33.0 Å². The van der Waals surface area contributed by atoms with Gasteiger partial charge in [0.2, 0.25) is 10.0 Å². The van der Waals surface area contributed by atoms with Crippen LogP contribution in [-0.2, 0) is 16.4 Å². The highest BCUT2D eigenvalue weighted by Crippen LogP contribution is 2.36. The topological polar surface area (TPSA) is 92.6 Å². The molecule has 1 heterocycles. The third-order valence-corrected chi connectivity index (χ3v) is 6.14. The summed E-state index contributed by atoms with van der Waals surface area (Å²) in [5.74, 6) is 0. The van der Waals surface area contributed by atoms with Crippen LogP contribution >= 0.6 is 0 Å². The summed E-state index contributed by atoms with van der Waals surface area (Å²) in [5, 5.41) is 11.6. The lowest BCUT2D eigenvalue weighted by Gasteiger charge is -2.27. The molecule has 1 N–H and O–H groups in total. The highest BCUT2D eigenvalue weighted by molar-refractivity contribution is 7.89. The molecule has 1 fully saturated rings. The van der Waals surface area contributed by atoms with Crippen molar-refractivity contribution >= 4 is 21.4 Å². The van der Waals surface area contributed by atoms with Crippen molar-refractivity contribution in [3.05, 3.63) is 64.2 Å². The second-order valence-electron chi connectivity index (χ2n) is 6.29. The van der Waals surface area contributed by atoms with Gasteiger partial charge in [-0.2, -0.15) is 0 Å². The Labute approximate surface area is 152 Å². The van der Waals surface area contributed by atoms with Gasteiger partial charge >= 0.3 is 0 Å². The van der Waals surface area contributed by atoms with Crippen LogP contribution in [0, 0.1) is 10.1 Å². The molecular formula is C18H21N3O4S. The largest absolute Gasteiger partial charge is 0.363 e. The third kappa shape index (κ3) is 3.71. The van der Waals surface area contributed by atoms with E-state index in [9.17, 15) is 18.5 Å². The number of sulfonamides is 1. The summed E-state index contributed by atoms with van der Waals surface area (Å²) in [7, 11) is -2.45. The fourth-order valence-electron chi connectivity index (χ4n) is 3.43. The number of nitro groups is 1. The fourth-order valence-corrected chi connectivity index (χ4v) is 4.18. The van der Waals surface area contributed by atoms with E-state index in [1.807, 2.05) is 35.2 Å². The molecule has 3 rings (SSSR count). The molecule has 2 aromatic carbocycles. The molecule has 1 aliphatic rings. The molecule has 2 aromatic rings. The lowest BCUT2D eigenvalue weighted by Crippen LogP contribution is -2.31. The second-order valence-corrected chi connectivity index (χ2v) is 8.18. The molecule has 0 aromatic heterocycles. The van der Waals surface area contributed by atoms with E-state index >= 15 is 0 Å². The van der Waals surface area contributed by atoms with Gasteiger partial charge in [0.25, 0.3) is 5.69 Å². The fraction of sp³-hybridized carbons (Fsp3) is 0.333. The molecule has 1 aliphatic heterocycles. The van der Waals surface area contributed by atoms with Crippen LogP contribution in [0.4, 0.5) is 11.4 Å². The Bertz CT molecular complexity index is 900. The summed E-state index contributed by atoms with van der Waals surface area (Å²) in [6.45, 7) is 0.719. The van der Waals surface area contributed by atoms with E-state index in [2.05, 4.69) is 4.72 Å². The molecule has 8 heteroatoms. The molecule has 0 aliphatic carbocycles. The summed E-state index contributed by atoms with van der Waals surface area (Å²) in [4.78, 5) is 13.0. The van der Waals surface area contributed by atoms with E-state index in [1.54, 1.807) is 6.07 Å². The Morgan fingerprint density at radius 3 is 2.62 bits per heavy atom. The molecule has 0 spiro atoms. The number of nitro benzene ring substituents is 1. The molecule has 0 bridgehead atoms. The first-order valence-electron chi connectivity index (χ1n) is 8.45. The van der Waals surface area contributed by atoms with E-state index in [-0.39, 0.29) is 16.6 Å². The van der Waals surface area contributed by atoms with E-state index in [1.165, 1.54) is 18.7 Å². The molecule has 26 heavy (non-hydrogen) atoms. The van der Waals surface area contributed by atoms with E-state index in [0.29, 0.717) is 5.69 Å². The smallest absolute Gasteiger partial charge is 0.293 e. The van der Waals surface area contributed by atoms with Crippen molar-refractivity contribution < 1.29 is 13.3 Å². The van der Waals surface area contributed by atoms with Crippen molar-refractivity contribution in [1.82, 2.24) is 4.72 Å². The minimum atomic E-state index is -3.73. The van der Waals surface area contributed by atoms with Crippen molar-refractivity contribution in [3.63, 3.8) is 0 Å². The maximum absolute atomic E-state index is 12.0. The Kier molecular flexibility index (Phi) is 5.24. The Morgan fingerprint density at radius 1 is 1.23 bits per heavy atom. The van der Waals surface area contributed by atoms with Crippen LogP contribution in [0.15, 0.2) is 53.4 Å². The van der Waals surface area contributed by atoms with E-state index in [0.717, 1.165) is 31.9 Å². The van der Waals surface area contributed by atoms with E-state index in [4.69, 9.17) is 0 Å². The number of benzene rings is 2. The molecular weight excluding hydrogens is 354 g/mol. The predicted molar refractivity (Wildman–Crippen MR) is 99.9 cm³/mol. The molecule has 0 saturated carbocycles. The molecule has 0 radical (unpaired) electrons. The third-order valence-electron chi connectivity index (χ3n) is 4.72. The molecule has 1 atom stereocenters. The zero-order valence-electron chi connectivity index (χ0n) is 14.5. The zero-order chi connectivity index (χ0) is 18.7. The van der Waals surface area contributed by atoms with Gasteiger partial charge in [0.05, 0.1) is 9.82 Å². The van der Waals surface area contributed by atoms with Crippen molar-refractivity contribution in [2.75, 3.05) is 18.5 Å². The van der Waals surface area contributed by atoms with Crippen molar-refractivity contribution in [2.45, 2.75) is 30.2 Å². The summed E-state index contributed by atoms with van der Waals surface area (Å²) < 4.78 is 26.1. The lowest BCUT2D eigenvalue weighted by molar-refractivity contribution is -0.384. The minimum absolute atomic E-state index is 0.103. The SMILES string of the molecule is CNS(=O)(=O)c1ccc(N2CCCC2Cc2ccccc2)c([N+](=O)[O-])c1. The number of hydrogen-bond acceptors (Lipinski definition) is 5. The summed E-state index contributed by atoms with van der Waals surface area (Å²) in [6.07, 6.45) is 2.70. The number of anilines is 1. The van der Waals surface area contributed by atoms with Crippen LogP contribution < -0.4 is 9.62 Å². The molecule has 7 nitrogen and oxygen atoms in total. The number of nitrogens with one attached hydrogen (secondary N) is 1. The highest BCUT2D eigenvalue weighted by atomic mass is 32.2. The van der Waals surface area contributed by atoms with Crippen molar-refractivity contribution in [3.8, 4) is 0 Å². The maximum Gasteiger partial charge on any atom is 0.293 e. The zero-order valence-corrected chi connectivity index (χ0v) is 15.3. The van der Waals surface area contributed by atoms with Crippen molar-refractivity contribution in [1.29, 1.82) is 0 Å². The molecule has 1 unspecified atom stereocenters. The highest BCUT2D eigenvalue weighted by Gasteiger charge is 2.31. The van der Waals surface area contributed by atoms with Gasteiger partial charge in [-0.3, -0.25) is 10.1 Å². The van der Waals surface area contributed by atoms with Gasteiger partial charge in [0.15, 0.2) is 0 Å². The van der Waals surface area contributed by atoms with Gasteiger partial charge in [-0.25, -0.2) is 13.1 Å². The molecule has 138 valence electrons. The Balaban J connectivity index is 1.95. The lowest BCUT2D eigenvalue weighted by atomic mass is 10.0. The second kappa shape index (κ2) is 7.43. The van der Waals surface area contributed by atoms with E-state index < -0.39 is 14.9 Å². The van der Waals surface area contributed by atoms with Gasteiger partial charge in [-0.15, -0.1) is 0 Å². The summed E-state index contributed by atoms with van der Waals surface area (Å²) in [6, 6.07) is 14.3. The first kappa shape index (κ1) is 18.3. The van der Waals surface area contributed by atoms with Gasteiger partial charge in [-0.1, -0.05) is 30.3 Å². The quantitative estimate of drug-likeness (QED) is 0.619. The Morgan fingerprint density at radius 2 is 1.96 bits per heavy atom. The molecule has 0 amide bonds. The average molecular weight is 375 g/mol. The van der Waals surface area contributed by atoms with Gasteiger partial charge in [0, 0.05) is 18.7 Å². The van der Waals surface area contributed by atoms with Crippen LogP contribution in [0.1, 0.15) is 18.4 Å². The van der Waals surface area contributed by atoms with Crippen LogP contribution in [0.3, 0.4) is 0 Å². The average Bonchev–Trinajstić information content (AvgIpc) is 3.10. The first-order valence-corrected chi connectivity index (χ1v) is 9.93. The number of rotatable bonds is 6. The Hall–Kier alpha value is -2.45. The van der Waals surface area contributed by atoms with Gasteiger partial charge in [-0.05, 0) is 44.0 Å².